The Morgan fingerprint density at radius 2 is 1.72 bits per heavy atom. The second kappa shape index (κ2) is 9.45. The zero-order chi connectivity index (χ0) is 22.5. The van der Waals surface area contributed by atoms with E-state index >= 15 is 0 Å². The van der Waals surface area contributed by atoms with E-state index in [4.69, 9.17) is 16.7 Å². The Hall–Kier alpha value is -3.97. The number of aromatic nitrogens is 2. The molecule has 1 amide bonds. The smallest absolute Gasteiger partial charge is 0.283 e. The average molecular weight is 447 g/mol. The third-order valence-corrected chi connectivity index (χ3v) is 5.15. The maximum absolute atomic E-state index is 12.7. The zero-order valence-electron chi connectivity index (χ0n) is 16.9. The van der Waals surface area contributed by atoms with Crippen molar-refractivity contribution in [2.24, 2.45) is 0 Å². The van der Waals surface area contributed by atoms with Crippen LogP contribution >= 0.6 is 11.6 Å². The van der Waals surface area contributed by atoms with Gasteiger partial charge in [-0.2, -0.15) is 5.10 Å². The molecule has 32 heavy (non-hydrogen) atoms. The first-order valence-electron chi connectivity index (χ1n) is 9.89. The van der Waals surface area contributed by atoms with Gasteiger partial charge in [-0.05, 0) is 17.7 Å². The standard InChI is InChI=1S/C24H19ClN4O3/c25-20-11-12-21(22(13-20)29(31)32)24(30)26-14-19-16-28(15-17-7-3-1-4-8-17)27-23(19)18-9-5-2-6-10-18/h1-13,16H,14-15H2,(H,26,30). The molecule has 4 aromatic rings. The topological polar surface area (TPSA) is 90.1 Å². The van der Waals surface area contributed by atoms with Crippen LogP contribution in [-0.2, 0) is 13.1 Å². The van der Waals surface area contributed by atoms with E-state index in [1.165, 1.54) is 18.2 Å². The fourth-order valence-corrected chi connectivity index (χ4v) is 3.57. The number of hydrogen-bond donors (Lipinski definition) is 1. The molecule has 1 N–H and O–H groups in total. The monoisotopic (exact) mass is 446 g/mol. The summed E-state index contributed by atoms with van der Waals surface area (Å²) in [5, 5.41) is 19.0. The number of carbonyl (C=O) groups excluding carboxylic acids is 1. The summed E-state index contributed by atoms with van der Waals surface area (Å²) in [5.74, 6) is -0.553. The summed E-state index contributed by atoms with van der Waals surface area (Å²) in [6.45, 7) is 0.745. The van der Waals surface area contributed by atoms with Crippen LogP contribution in [0.4, 0.5) is 5.69 Å². The van der Waals surface area contributed by atoms with Crippen molar-refractivity contribution >= 4 is 23.2 Å². The fourth-order valence-electron chi connectivity index (χ4n) is 3.40. The van der Waals surface area contributed by atoms with E-state index in [1.54, 1.807) is 0 Å². The molecule has 0 atom stereocenters. The molecule has 8 heteroatoms. The summed E-state index contributed by atoms with van der Waals surface area (Å²) in [4.78, 5) is 23.4. The summed E-state index contributed by atoms with van der Waals surface area (Å²) in [5.41, 5.74) is 3.18. The van der Waals surface area contributed by atoms with Crippen LogP contribution in [0.2, 0.25) is 5.02 Å². The van der Waals surface area contributed by atoms with Crippen LogP contribution in [0.3, 0.4) is 0 Å². The first-order valence-corrected chi connectivity index (χ1v) is 10.3. The number of rotatable bonds is 7. The molecule has 3 aromatic carbocycles. The highest BCUT2D eigenvalue weighted by Crippen LogP contribution is 2.25. The molecule has 4 rings (SSSR count). The molecule has 0 saturated heterocycles. The van der Waals surface area contributed by atoms with Gasteiger partial charge < -0.3 is 5.32 Å². The second-order valence-corrected chi connectivity index (χ2v) is 7.59. The van der Waals surface area contributed by atoms with Crippen molar-refractivity contribution in [3.8, 4) is 11.3 Å². The van der Waals surface area contributed by atoms with Gasteiger partial charge in [0.25, 0.3) is 11.6 Å². The summed E-state index contributed by atoms with van der Waals surface area (Å²) >= 11 is 5.85. The molecular weight excluding hydrogens is 428 g/mol. The van der Waals surface area contributed by atoms with Crippen molar-refractivity contribution in [2.45, 2.75) is 13.1 Å². The van der Waals surface area contributed by atoms with Gasteiger partial charge in [-0.3, -0.25) is 19.6 Å². The van der Waals surface area contributed by atoms with E-state index in [-0.39, 0.29) is 22.8 Å². The van der Waals surface area contributed by atoms with Crippen molar-refractivity contribution < 1.29 is 9.72 Å². The summed E-state index contributed by atoms with van der Waals surface area (Å²) in [6, 6.07) is 23.6. The largest absolute Gasteiger partial charge is 0.348 e. The minimum Gasteiger partial charge on any atom is -0.348 e. The first kappa shape index (κ1) is 21.3. The highest BCUT2D eigenvalue weighted by molar-refractivity contribution is 6.31. The predicted octanol–water partition coefficient (Wildman–Crippen LogP) is 5.09. The lowest BCUT2D eigenvalue weighted by molar-refractivity contribution is -0.385. The van der Waals surface area contributed by atoms with Crippen molar-refractivity contribution in [1.29, 1.82) is 0 Å². The van der Waals surface area contributed by atoms with Gasteiger partial charge in [-0.1, -0.05) is 72.3 Å². The summed E-state index contributed by atoms with van der Waals surface area (Å²) in [7, 11) is 0. The number of nitrogens with zero attached hydrogens (tertiary/aromatic N) is 3. The number of nitrogens with one attached hydrogen (secondary N) is 1. The van der Waals surface area contributed by atoms with Crippen molar-refractivity contribution in [3.05, 3.63) is 117 Å². The molecule has 0 radical (unpaired) electrons. The molecule has 0 unspecified atom stereocenters. The molecule has 0 aliphatic carbocycles. The number of carbonyl (C=O) groups is 1. The van der Waals surface area contributed by atoms with Gasteiger partial charge in [0.05, 0.1) is 17.2 Å². The number of nitro groups is 1. The number of hydrogen-bond acceptors (Lipinski definition) is 4. The normalized spacial score (nSPS) is 10.7. The highest BCUT2D eigenvalue weighted by Gasteiger charge is 2.21. The van der Waals surface area contributed by atoms with E-state index in [0.29, 0.717) is 6.54 Å². The molecule has 160 valence electrons. The molecular formula is C24H19ClN4O3. The Kier molecular flexibility index (Phi) is 6.28. The van der Waals surface area contributed by atoms with Crippen LogP contribution in [-0.4, -0.2) is 20.6 Å². The number of benzene rings is 3. The van der Waals surface area contributed by atoms with Crippen LogP contribution in [0.25, 0.3) is 11.3 Å². The van der Waals surface area contributed by atoms with Crippen molar-refractivity contribution in [2.75, 3.05) is 0 Å². The zero-order valence-corrected chi connectivity index (χ0v) is 17.7. The average Bonchev–Trinajstić information content (AvgIpc) is 3.21. The SMILES string of the molecule is O=C(NCc1cn(Cc2ccccc2)nc1-c1ccccc1)c1ccc(Cl)cc1[N+](=O)[O-]. The van der Waals surface area contributed by atoms with Gasteiger partial charge in [0, 0.05) is 35.0 Å². The predicted molar refractivity (Wildman–Crippen MR) is 122 cm³/mol. The van der Waals surface area contributed by atoms with Crippen molar-refractivity contribution in [3.63, 3.8) is 0 Å². The van der Waals surface area contributed by atoms with Gasteiger partial charge in [-0.25, -0.2) is 0 Å². The lowest BCUT2D eigenvalue weighted by Crippen LogP contribution is -2.23. The fraction of sp³-hybridized carbons (Fsp3) is 0.0833. The van der Waals surface area contributed by atoms with Gasteiger partial charge in [0.2, 0.25) is 0 Å². The number of nitro benzene ring substituents is 1. The Balaban J connectivity index is 1.60. The molecule has 0 aliphatic rings. The molecule has 7 nitrogen and oxygen atoms in total. The Morgan fingerprint density at radius 1 is 1.03 bits per heavy atom. The lowest BCUT2D eigenvalue weighted by Gasteiger charge is -2.07. The molecule has 1 aromatic heterocycles. The summed E-state index contributed by atoms with van der Waals surface area (Å²) < 4.78 is 1.82. The molecule has 0 aliphatic heterocycles. The van der Waals surface area contributed by atoms with E-state index in [9.17, 15) is 14.9 Å². The van der Waals surface area contributed by atoms with E-state index in [0.717, 1.165) is 22.4 Å². The lowest BCUT2D eigenvalue weighted by atomic mass is 10.1. The van der Waals surface area contributed by atoms with Crippen LogP contribution in [0.1, 0.15) is 21.5 Å². The number of amides is 1. The summed E-state index contributed by atoms with van der Waals surface area (Å²) in [6.07, 6.45) is 1.88. The van der Waals surface area contributed by atoms with Crippen LogP contribution < -0.4 is 5.32 Å². The second-order valence-electron chi connectivity index (χ2n) is 7.15. The van der Waals surface area contributed by atoms with E-state index in [2.05, 4.69) is 5.32 Å². The van der Waals surface area contributed by atoms with Crippen molar-refractivity contribution in [1.82, 2.24) is 15.1 Å². The molecule has 0 saturated carbocycles. The van der Waals surface area contributed by atoms with Gasteiger partial charge in [0.1, 0.15) is 5.56 Å². The van der Waals surface area contributed by atoms with E-state index < -0.39 is 10.8 Å². The molecule has 0 fully saturated rings. The van der Waals surface area contributed by atoms with Crippen LogP contribution in [0.15, 0.2) is 85.1 Å². The maximum Gasteiger partial charge on any atom is 0.283 e. The molecule has 1 heterocycles. The third kappa shape index (κ3) is 4.84. The van der Waals surface area contributed by atoms with E-state index in [1.807, 2.05) is 71.5 Å². The minimum absolute atomic E-state index is 0.0441. The molecule has 0 spiro atoms. The van der Waals surface area contributed by atoms with Crippen LogP contribution in [0, 0.1) is 10.1 Å². The minimum atomic E-state index is -0.617. The quantitative estimate of drug-likeness (QED) is 0.316. The Bertz CT molecular complexity index is 1260. The number of halogens is 1. The highest BCUT2D eigenvalue weighted by atomic mass is 35.5. The van der Waals surface area contributed by atoms with Crippen LogP contribution in [0.5, 0.6) is 0 Å². The Labute approximate surface area is 189 Å². The van der Waals surface area contributed by atoms with Gasteiger partial charge in [-0.15, -0.1) is 0 Å². The molecule has 0 bridgehead atoms. The maximum atomic E-state index is 12.7. The van der Waals surface area contributed by atoms with Gasteiger partial charge >= 0.3 is 0 Å². The van der Waals surface area contributed by atoms with Gasteiger partial charge in [0.15, 0.2) is 0 Å². The first-order chi connectivity index (χ1) is 15.5. The third-order valence-electron chi connectivity index (χ3n) is 4.91. The Morgan fingerprint density at radius 3 is 2.41 bits per heavy atom.